The second-order valence-electron chi connectivity index (χ2n) is 10.7. The second kappa shape index (κ2) is 27.1. The number of nitrogens with zero attached hydrogens (tertiary/aromatic N) is 1. The zero-order valence-electron chi connectivity index (χ0n) is 24.1. The van der Waals surface area contributed by atoms with Gasteiger partial charge < -0.3 is 16.9 Å². The number of rotatable bonds is 21. The molecule has 0 N–H and O–H groups in total. The van der Waals surface area contributed by atoms with Gasteiger partial charge in [-0.2, -0.15) is 0 Å². The lowest BCUT2D eigenvalue weighted by atomic mass is 10.1. The van der Waals surface area contributed by atoms with Crippen molar-refractivity contribution in [2.24, 2.45) is 0 Å². The van der Waals surface area contributed by atoms with Crippen LogP contribution < -0.4 is 12.4 Å². The highest BCUT2D eigenvalue weighted by Crippen LogP contribution is 2.16. The number of quaternary nitrogens is 1. The monoisotopic (exact) mass is 495 g/mol. The molecule has 0 aromatic heterocycles. The molecule has 0 aliphatic heterocycles. The van der Waals surface area contributed by atoms with Gasteiger partial charge in [0, 0.05) is 0 Å². The number of aryl methyl sites for hydroxylation is 1. The maximum Gasteiger partial charge on any atom is 0.0784 e. The van der Waals surface area contributed by atoms with Crippen LogP contribution in [-0.2, 0) is 0 Å². The fourth-order valence-corrected chi connectivity index (χ4v) is 4.69. The highest BCUT2D eigenvalue weighted by atomic mass is 35.5. The van der Waals surface area contributed by atoms with Crippen LogP contribution in [-0.4, -0.2) is 31.2 Å². The molecular weight excluding hydrogens is 434 g/mol. The highest BCUT2D eigenvalue weighted by Gasteiger charge is 2.20. The van der Waals surface area contributed by atoms with Gasteiger partial charge in [-0.3, -0.25) is 0 Å². The minimum atomic E-state index is 0. The minimum Gasteiger partial charge on any atom is -1.00 e. The van der Waals surface area contributed by atoms with Gasteiger partial charge in [0.15, 0.2) is 0 Å². The summed E-state index contributed by atoms with van der Waals surface area (Å²) in [5, 5.41) is 0. The lowest BCUT2D eigenvalue weighted by Crippen LogP contribution is -3.00. The van der Waals surface area contributed by atoms with E-state index >= 15 is 0 Å². The first-order valence-electron chi connectivity index (χ1n) is 14.9. The summed E-state index contributed by atoms with van der Waals surface area (Å²) in [7, 11) is 2.56. The highest BCUT2D eigenvalue weighted by molar-refractivity contribution is 5.11. The van der Waals surface area contributed by atoms with Gasteiger partial charge in [0.05, 0.1) is 26.7 Å². The Hall–Kier alpha value is -0.530. The maximum absolute atomic E-state index is 2.56. The topological polar surface area (TPSA) is 0 Å². The normalized spacial score (nSPS) is 11.0. The quantitative estimate of drug-likeness (QED) is 0.122. The molecule has 0 saturated heterocycles. The van der Waals surface area contributed by atoms with E-state index in [4.69, 9.17) is 0 Å². The molecule has 0 aliphatic rings. The summed E-state index contributed by atoms with van der Waals surface area (Å²) >= 11 is 0. The molecule has 0 spiro atoms. The van der Waals surface area contributed by atoms with Crippen LogP contribution in [0.25, 0.3) is 0 Å². The molecule has 0 fully saturated rings. The van der Waals surface area contributed by atoms with Gasteiger partial charge in [-0.05, 0) is 45.4 Å². The van der Waals surface area contributed by atoms with Crippen molar-refractivity contribution in [3.05, 3.63) is 35.9 Å². The fourth-order valence-electron chi connectivity index (χ4n) is 4.69. The third kappa shape index (κ3) is 24.6. The van der Waals surface area contributed by atoms with E-state index in [0.717, 1.165) is 0 Å². The first kappa shape index (κ1) is 35.6. The Morgan fingerprint density at radius 2 is 0.765 bits per heavy atom. The molecule has 0 bridgehead atoms. The van der Waals surface area contributed by atoms with E-state index in [9.17, 15) is 0 Å². The van der Waals surface area contributed by atoms with Gasteiger partial charge in [-0.15, -0.1) is 0 Å². The average molecular weight is 496 g/mol. The molecule has 1 rings (SSSR count). The summed E-state index contributed by atoms with van der Waals surface area (Å²) < 4.78 is 1.36. The van der Waals surface area contributed by atoms with Crippen molar-refractivity contribution in [1.29, 1.82) is 0 Å². The average Bonchev–Trinajstić information content (AvgIpc) is 2.82. The Morgan fingerprint density at radius 1 is 0.471 bits per heavy atom. The third-order valence-electron chi connectivity index (χ3n) is 7.09. The first-order valence-corrected chi connectivity index (χ1v) is 14.9. The molecule has 0 atom stereocenters. The SMILES string of the molecule is CCCCCCCC[N+](C)(CCCCCCCC)CCCCCCCC.Cc1ccccc1.[Cl-]. The van der Waals surface area contributed by atoms with Crippen molar-refractivity contribution in [3.63, 3.8) is 0 Å². The molecule has 2 heteroatoms. The second-order valence-corrected chi connectivity index (χ2v) is 10.7. The summed E-state index contributed by atoms with van der Waals surface area (Å²) in [6.45, 7) is 13.3. The number of halogens is 1. The third-order valence-corrected chi connectivity index (χ3v) is 7.09. The van der Waals surface area contributed by atoms with Crippen molar-refractivity contribution in [2.45, 2.75) is 143 Å². The zero-order valence-corrected chi connectivity index (χ0v) is 24.8. The van der Waals surface area contributed by atoms with Crippen LogP contribution in [0.3, 0.4) is 0 Å². The van der Waals surface area contributed by atoms with Gasteiger partial charge in [0.1, 0.15) is 0 Å². The first-order chi connectivity index (χ1) is 16.1. The Kier molecular flexibility index (Phi) is 28.4. The molecule has 0 unspecified atom stereocenters. The van der Waals surface area contributed by atoms with Crippen molar-refractivity contribution in [2.75, 3.05) is 26.7 Å². The molecule has 1 aromatic carbocycles. The van der Waals surface area contributed by atoms with Crippen molar-refractivity contribution in [1.82, 2.24) is 0 Å². The van der Waals surface area contributed by atoms with Crippen LogP contribution in [0.5, 0.6) is 0 Å². The van der Waals surface area contributed by atoms with Crippen LogP contribution in [0.15, 0.2) is 30.3 Å². The molecule has 0 amide bonds. The maximum atomic E-state index is 2.56. The molecule has 1 aromatic rings. The van der Waals surface area contributed by atoms with E-state index in [1.165, 1.54) is 145 Å². The smallest absolute Gasteiger partial charge is 0.0784 e. The van der Waals surface area contributed by atoms with E-state index in [0.29, 0.717) is 0 Å². The van der Waals surface area contributed by atoms with Crippen molar-refractivity contribution < 1.29 is 16.9 Å². The molecule has 0 aliphatic carbocycles. The van der Waals surface area contributed by atoms with E-state index in [1.54, 1.807) is 0 Å². The summed E-state index contributed by atoms with van der Waals surface area (Å²) in [6, 6.07) is 10.3. The molecule has 0 radical (unpaired) electrons. The predicted octanol–water partition coefficient (Wildman–Crippen LogP) is 7.51. The van der Waals surface area contributed by atoms with Crippen LogP contribution in [0.4, 0.5) is 0 Å². The van der Waals surface area contributed by atoms with Crippen molar-refractivity contribution in [3.8, 4) is 0 Å². The Labute approximate surface area is 222 Å². The predicted molar refractivity (Wildman–Crippen MR) is 152 cm³/mol. The van der Waals surface area contributed by atoms with Gasteiger partial charge >= 0.3 is 0 Å². The summed E-state index contributed by atoms with van der Waals surface area (Å²) in [4.78, 5) is 0. The van der Waals surface area contributed by atoms with Crippen LogP contribution in [0, 0.1) is 6.92 Å². The number of hydrogen-bond donors (Lipinski definition) is 0. The van der Waals surface area contributed by atoms with Gasteiger partial charge in [-0.1, -0.05) is 134 Å². The minimum absolute atomic E-state index is 0. The summed E-state index contributed by atoms with van der Waals surface area (Å²) in [5.41, 5.74) is 1.32. The molecule has 1 nitrogen and oxygen atoms in total. The van der Waals surface area contributed by atoms with E-state index in [-0.39, 0.29) is 12.4 Å². The Bertz CT molecular complexity index is 446. The molecule has 202 valence electrons. The number of hydrogen-bond acceptors (Lipinski definition) is 0. The Morgan fingerprint density at radius 3 is 1.03 bits per heavy atom. The van der Waals surface area contributed by atoms with Gasteiger partial charge in [0.25, 0.3) is 0 Å². The van der Waals surface area contributed by atoms with Gasteiger partial charge in [0.2, 0.25) is 0 Å². The summed E-state index contributed by atoms with van der Waals surface area (Å²) in [5.74, 6) is 0. The van der Waals surface area contributed by atoms with Crippen LogP contribution >= 0.6 is 0 Å². The molecule has 34 heavy (non-hydrogen) atoms. The lowest BCUT2D eigenvalue weighted by molar-refractivity contribution is -0.910. The largest absolute Gasteiger partial charge is 1.00 e. The lowest BCUT2D eigenvalue weighted by Gasteiger charge is -2.35. The van der Waals surface area contributed by atoms with E-state index in [2.05, 4.69) is 46.9 Å². The van der Waals surface area contributed by atoms with Crippen molar-refractivity contribution >= 4 is 0 Å². The zero-order chi connectivity index (χ0) is 24.5. The van der Waals surface area contributed by atoms with E-state index < -0.39 is 0 Å². The van der Waals surface area contributed by atoms with Crippen LogP contribution in [0.2, 0.25) is 0 Å². The molecular formula is C32H62ClN. The summed E-state index contributed by atoms with van der Waals surface area (Å²) in [6.07, 6.45) is 25.9. The standard InChI is InChI=1S/C25H54N.C7H8.ClH/c1-5-8-11-14-17-20-23-26(4,24-21-18-15-12-9-6-2)25-22-19-16-13-10-7-3;1-7-5-3-2-4-6-7;/h5-25H2,1-4H3;2-6H,1H3;1H/q+1;;/p-1. The fraction of sp³-hybridized carbons (Fsp3) is 0.812. The van der Waals surface area contributed by atoms with E-state index in [1.807, 2.05) is 18.2 Å². The van der Waals surface area contributed by atoms with Gasteiger partial charge in [-0.25, -0.2) is 0 Å². The Balaban J connectivity index is 0. The molecule has 0 saturated carbocycles. The van der Waals surface area contributed by atoms with Crippen LogP contribution in [0.1, 0.15) is 142 Å². The number of unbranched alkanes of at least 4 members (excludes halogenated alkanes) is 15. The molecule has 0 heterocycles. The number of benzene rings is 1.